The van der Waals surface area contributed by atoms with E-state index in [1.165, 1.54) is 32.1 Å². The Balaban J connectivity index is 2.10. The summed E-state index contributed by atoms with van der Waals surface area (Å²) in [6.07, 6.45) is 8.90. The lowest BCUT2D eigenvalue weighted by Gasteiger charge is -2.31. The number of sulfonamides is 1. The minimum Gasteiger partial charge on any atom is -0.303 e. The Kier molecular flexibility index (Phi) is 9.09. The van der Waals surface area contributed by atoms with Crippen LogP contribution in [0.15, 0.2) is 0 Å². The molecule has 0 atom stereocenters. The monoisotopic (exact) mass is 324 g/mol. The van der Waals surface area contributed by atoms with Crippen LogP contribution in [0.25, 0.3) is 0 Å². The topological polar surface area (TPSA) is 49.4 Å². The first-order chi connectivity index (χ1) is 9.55. The van der Waals surface area contributed by atoms with Crippen LogP contribution in [0.3, 0.4) is 0 Å². The molecule has 1 N–H and O–H groups in total. The van der Waals surface area contributed by atoms with Crippen molar-refractivity contribution in [3.63, 3.8) is 0 Å². The summed E-state index contributed by atoms with van der Waals surface area (Å²) >= 11 is 5.55. The predicted octanol–water partition coefficient (Wildman–Crippen LogP) is 2.58. The van der Waals surface area contributed by atoms with E-state index in [2.05, 4.69) is 16.7 Å². The van der Waals surface area contributed by atoms with Gasteiger partial charge in [-0.15, -0.1) is 11.6 Å². The van der Waals surface area contributed by atoms with Crippen molar-refractivity contribution in [1.29, 1.82) is 0 Å². The van der Waals surface area contributed by atoms with Gasteiger partial charge in [-0.05, 0) is 45.7 Å². The van der Waals surface area contributed by atoms with Gasteiger partial charge in [0.2, 0.25) is 10.0 Å². The Morgan fingerprint density at radius 1 is 1.15 bits per heavy atom. The predicted molar refractivity (Wildman–Crippen MR) is 85.9 cm³/mol. The van der Waals surface area contributed by atoms with Crippen LogP contribution in [0.4, 0.5) is 0 Å². The Hall–Kier alpha value is 0.160. The summed E-state index contributed by atoms with van der Waals surface area (Å²) in [5.41, 5.74) is 0. The van der Waals surface area contributed by atoms with Crippen molar-refractivity contribution in [2.24, 2.45) is 0 Å². The quantitative estimate of drug-likeness (QED) is 0.496. The van der Waals surface area contributed by atoms with Gasteiger partial charge in [-0.3, -0.25) is 0 Å². The molecule has 6 heteroatoms. The van der Waals surface area contributed by atoms with Crippen LogP contribution in [0.5, 0.6) is 0 Å². The highest BCUT2D eigenvalue weighted by Crippen LogP contribution is 2.21. The van der Waals surface area contributed by atoms with E-state index in [1.54, 1.807) is 0 Å². The minimum atomic E-state index is -3.10. The van der Waals surface area contributed by atoms with Crippen molar-refractivity contribution in [2.75, 3.05) is 31.8 Å². The summed E-state index contributed by atoms with van der Waals surface area (Å²) in [5, 5.41) is 0. The molecule has 0 radical (unpaired) electrons. The third-order valence-corrected chi connectivity index (χ3v) is 5.74. The molecule has 1 aliphatic rings. The molecule has 0 aromatic heterocycles. The maximum atomic E-state index is 11.7. The Bertz CT molecular complexity index is 343. The molecule has 0 amide bonds. The molecule has 0 aromatic carbocycles. The Labute approximate surface area is 129 Å². The van der Waals surface area contributed by atoms with Gasteiger partial charge in [-0.25, -0.2) is 13.1 Å². The highest BCUT2D eigenvalue weighted by molar-refractivity contribution is 7.89. The van der Waals surface area contributed by atoms with Crippen molar-refractivity contribution >= 4 is 21.6 Å². The van der Waals surface area contributed by atoms with Crippen molar-refractivity contribution < 1.29 is 8.42 Å². The van der Waals surface area contributed by atoms with Crippen molar-refractivity contribution in [2.45, 2.75) is 57.4 Å². The van der Waals surface area contributed by atoms with E-state index in [-0.39, 0.29) is 5.75 Å². The molecule has 0 unspecified atom stereocenters. The molecule has 1 fully saturated rings. The molecule has 0 heterocycles. The van der Waals surface area contributed by atoms with E-state index >= 15 is 0 Å². The zero-order chi connectivity index (χ0) is 14.8. The van der Waals surface area contributed by atoms with Gasteiger partial charge in [0, 0.05) is 18.5 Å². The molecule has 0 spiro atoms. The van der Waals surface area contributed by atoms with Crippen LogP contribution in [0.1, 0.15) is 51.4 Å². The van der Waals surface area contributed by atoms with Gasteiger partial charge in [0.15, 0.2) is 0 Å². The summed E-state index contributed by atoms with van der Waals surface area (Å²) in [4.78, 5) is 2.39. The van der Waals surface area contributed by atoms with Crippen LogP contribution in [0, 0.1) is 0 Å². The number of hydrogen-bond acceptors (Lipinski definition) is 3. The Morgan fingerprint density at radius 3 is 2.50 bits per heavy atom. The third kappa shape index (κ3) is 7.81. The smallest absolute Gasteiger partial charge is 0.211 e. The second-order valence-electron chi connectivity index (χ2n) is 5.74. The molecule has 1 aliphatic carbocycles. The second-order valence-corrected chi connectivity index (χ2v) is 8.04. The summed E-state index contributed by atoms with van der Waals surface area (Å²) < 4.78 is 26.0. The van der Waals surface area contributed by atoms with Crippen molar-refractivity contribution in [3.8, 4) is 0 Å². The minimum absolute atomic E-state index is 0.193. The molecule has 20 heavy (non-hydrogen) atoms. The van der Waals surface area contributed by atoms with Gasteiger partial charge in [-0.2, -0.15) is 0 Å². The first-order valence-electron chi connectivity index (χ1n) is 7.79. The summed E-state index contributed by atoms with van der Waals surface area (Å²) in [7, 11) is -0.946. The van der Waals surface area contributed by atoms with Gasteiger partial charge >= 0.3 is 0 Å². The standard InChI is InChI=1S/C14H29ClN2O2S/c1-17(14-8-3-2-4-9-14)12-7-11-16-20(18,19)13-6-5-10-15/h14,16H,2-13H2,1H3. The van der Waals surface area contributed by atoms with Crippen molar-refractivity contribution in [3.05, 3.63) is 0 Å². The molecule has 1 rings (SSSR count). The molecular formula is C14H29ClN2O2S. The van der Waals surface area contributed by atoms with E-state index in [0.29, 0.717) is 24.9 Å². The third-order valence-electron chi connectivity index (χ3n) is 4.00. The fourth-order valence-electron chi connectivity index (χ4n) is 2.72. The largest absolute Gasteiger partial charge is 0.303 e. The van der Waals surface area contributed by atoms with Gasteiger partial charge in [0.05, 0.1) is 5.75 Å². The molecule has 4 nitrogen and oxygen atoms in total. The van der Waals surface area contributed by atoms with Crippen LogP contribution >= 0.6 is 11.6 Å². The van der Waals surface area contributed by atoms with Gasteiger partial charge < -0.3 is 4.90 Å². The average Bonchev–Trinajstić information content (AvgIpc) is 2.44. The van der Waals surface area contributed by atoms with Crippen LogP contribution in [-0.4, -0.2) is 51.1 Å². The zero-order valence-corrected chi connectivity index (χ0v) is 14.2. The fourth-order valence-corrected chi connectivity index (χ4v) is 4.09. The van der Waals surface area contributed by atoms with E-state index < -0.39 is 10.0 Å². The summed E-state index contributed by atoms with van der Waals surface area (Å²) in [6, 6.07) is 0.698. The molecular weight excluding hydrogens is 296 g/mol. The van der Waals surface area contributed by atoms with E-state index in [9.17, 15) is 8.42 Å². The molecule has 0 aliphatic heterocycles. The van der Waals surface area contributed by atoms with E-state index in [4.69, 9.17) is 11.6 Å². The summed E-state index contributed by atoms with van der Waals surface area (Å²) in [5.74, 6) is 0.722. The highest BCUT2D eigenvalue weighted by Gasteiger charge is 2.17. The number of nitrogens with one attached hydrogen (secondary N) is 1. The zero-order valence-electron chi connectivity index (χ0n) is 12.6. The number of rotatable bonds is 10. The molecule has 0 aromatic rings. The second kappa shape index (κ2) is 9.98. The Morgan fingerprint density at radius 2 is 1.85 bits per heavy atom. The lowest BCUT2D eigenvalue weighted by Crippen LogP contribution is -2.36. The number of halogens is 1. The summed E-state index contributed by atoms with van der Waals surface area (Å²) in [6.45, 7) is 1.51. The lowest BCUT2D eigenvalue weighted by atomic mass is 9.94. The maximum Gasteiger partial charge on any atom is 0.211 e. The van der Waals surface area contributed by atoms with Gasteiger partial charge in [0.25, 0.3) is 0 Å². The number of unbranched alkanes of at least 4 members (excludes halogenated alkanes) is 1. The van der Waals surface area contributed by atoms with Gasteiger partial charge in [0.1, 0.15) is 0 Å². The fraction of sp³-hybridized carbons (Fsp3) is 1.00. The first kappa shape index (κ1) is 18.2. The van der Waals surface area contributed by atoms with E-state index in [0.717, 1.165) is 19.4 Å². The van der Waals surface area contributed by atoms with Crippen LogP contribution in [0.2, 0.25) is 0 Å². The normalized spacial score (nSPS) is 17.8. The number of alkyl halides is 1. The molecule has 0 saturated heterocycles. The van der Waals surface area contributed by atoms with E-state index in [1.807, 2.05) is 0 Å². The molecule has 1 saturated carbocycles. The number of hydrogen-bond donors (Lipinski definition) is 1. The SMILES string of the molecule is CN(CCCNS(=O)(=O)CCCCCl)C1CCCCC1. The number of nitrogens with zero attached hydrogens (tertiary/aromatic N) is 1. The first-order valence-corrected chi connectivity index (χ1v) is 9.97. The maximum absolute atomic E-state index is 11.7. The van der Waals surface area contributed by atoms with Crippen molar-refractivity contribution in [1.82, 2.24) is 9.62 Å². The molecule has 120 valence electrons. The lowest BCUT2D eigenvalue weighted by molar-refractivity contribution is 0.190. The highest BCUT2D eigenvalue weighted by atomic mass is 35.5. The van der Waals surface area contributed by atoms with Crippen LogP contribution < -0.4 is 4.72 Å². The van der Waals surface area contributed by atoms with Crippen LogP contribution in [-0.2, 0) is 10.0 Å². The van der Waals surface area contributed by atoms with Gasteiger partial charge in [-0.1, -0.05) is 19.3 Å². The molecule has 0 bridgehead atoms. The average molecular weight is 325 g/mol.